The molecule has 0 bridgehead atoms. The molecule has 1 aromatic carbocycles. The van der Waals surface area contributed by atoms with E-state index in [1.165, 1.54) is 12.1 Å². The first kappa shape index (κ1) is 14.5. The van der Waals surface area contributed by atoms with E-state index in [1.807, 2.05) is 0 Å². The molecule has 3 N–H and O–H groups in total. The number of hydrogen-bond donors (Lipinski definition) is 2. The molecule has 0 aliphatic heterocycles. The van der Waals surface area contributed by atoms with Gasteiger partial charge in [-0.1, -0.05) is 13.0 Å². The van der Waals surface area contributed by atoms with E-state index in [4.69, 9.17) is 5.73 Å². The summed E-state index contributed by atoms with van der Waals surface area (Å²) in [5.41, 5.74) is 4.73. The summed E-state index contributed by atoms with van der Waals surface area (Å²) in [6, 6.07) is 4.52. The van der Waals surface area contributed by atoms with Gasteiger partial charge in [-0.3, -0.25) is 4.79 Å². The van der Waals surface area contributed by atoms with Crippen LogP contribution in [0.3, 0.4) is 0 Å². The lowest BCUT2D eigenvalue weighted by molar-refractivity contribution is -0.137. The molecule has 1 amide bonds. The number of carbonyl (C=O) groups excluding carboxylic acids is 1. The van der Waals surface area contributed by atoms with Crippen molar-refractivity contribution < 1.29 is 18.0 Å². The van der Waals surface area contributed by atoms with E-state index in [1.54, 1.807) is 6.92 Å². The highest BCUT2D eigenvalue weighted by atomic mass is 19.4. The first-order chi connectivity index (χ1) is 8.38. The maximum atomic E-state index is 12.5. The van der Waals surface area contributed by atoms with Crippen LogP contribution in [0.2, 0.25) is 0 Å². The Balaban J connectivity index is 2.83. The summed E-state index contributed by atoms with van der Waals surface area (Å²) in [5, 5.41) is 2.44. The van der Waals surface area contributed by atoms with Crippen LogP contribution in [0.5, 0.6) is 0 Å². The van der Waals surface area contributed by atoms with Crippen LogP contribution in [0, 0.1) is 5.92 Å². The van der Waals surface area contributed by atoms with E-state index in [9.17, 15) is 18.0 Å². The zero-order valence-corrected chi connectivity index (χ0v) is 9.92. The van der Waals surface area contributed by atoms with Gasteiger partial charge in [0.2, 0.25) is 5.91 Å². The number of alkyl halides is 3. The second-order valence-corrected chi connectivity index (χ2v) is 3.91. The third kappa shape index (κ3) is 3.73. The number of nitrogens with two attached hydrogens (primary N) is 1. The standard InChI is InChI=1S/C12H15F3N2O/c1-2-8(7-16)11(18)17-10-5-3-4-9(6-10)12(13,14)15/h3-6,8H,2,7,16H2,1H3,(H,17,18). The summed E-state index contributed by atoms with van der Waals surface area (Å²) in [6.45, 7) is 1.96. The molecule has 100 valence electrons. The molecule has 0 saturated heterocycles. The van der Waals surface area contributed by atoms with Crippen molar-refractivity contribution in [3.63, 3.8) is 0 Å². The fraction of sp³-hybridized carbons (Fsp3) is 0.417. The molecule has 0 aromatic heterocycles. The van der Waals surface area contributed by atoms with Crippen molar-refractivity contribution in [1.82, 2.24) is 0 Å². The lowest BCUT2D eigenvalue weighted by Crippen LogP contribution is -2.28. The molecule has 1 rings (SSSR count). The maximum Gasteiger partial charge on any atom is 0.416 e. The summed E-state index contributed by atoms with van der Waals surface area (Å²) >= 11 is 0. The molecule has 0 fully saturated rings. The fourth-order valence-electron chi connectivity index (χ4n) is 1.48. The number of hydrogen-bond acceptors (Lipinski definition) is 2. The van der Waals surface area contributed by atoms with Gasteiger partial charge in [0.05, 0.1) is 11.5 Å². The van der Waals surface area contributed by atoms with Gasteiger partial charge in [0, 0.05) is 12.2 Å². The average molecular weight is 260 g/mol. The van der Waals surface area contributed by atoms with Gasteiger partial charge in [-0.05, 0) is 24.6 Å². The van der Waals surface area contributed by atoms with Gasteiger partial charge in [0.15, 0.2) is 0 Å². The zero-order valence-electron chi connectivity index (χ0n) is 9.92. The van der Waals surface area contributed by atoms with Gasteiger partial charge in [0.25, 0.3) is 0 Å². The van der Waals surface area contributed by atoms with Crippen LogP contribution in [-0.4, -0.2) is 12.5 Å². The Morgan fingerprint density at radius 2 is 2.11 bits per heavy atom. The number of halogens is 3. The topological polar surface area (TPSA) is 55.1 Å². The van der Waals surface area contributed by atoms with Crippen molar-refractivity contribution in [1.29, 1.82) is 0 Å². The number of anilines is 1. The van der Waals surface area contributed by atoms with Crippen LogP contribution in [0.4, 0.5) is 18.9 Å². The first-order valence-electron chi connectivity index (χ1n) is 5.56. The largest absolute Gasteiger partial charge is 0.416 e. The first-order valence-corrected chi connectivity index (χ1v) is 5.56. The van der Waals surface area contributed by atoms with Crippen molar-refractivity contribution in [3.05, 3.63) is 29.8 Å². The van der Waals surface area contributed by atoms with Crippen molar-refractivity contribution in [3.8, 4) is 0 Å². The third-order valence-electron chi connectivity index (χ3n) is 2.61. The minimum absolute atomic E-state index is 0.127. The Kier molecular flexibility index (Phi) is 4.72. The summed E-state index contributed by atoms with van der Waals surface area (Å²) in [7, 11) is 0. The molecular formula is C12H15F3N2O. The van der Waals surface area contributed by atoms with E-state index < -0.39 is 11.7 Å². The zero-order chi connectivity index (χ0) is 13.8. The van der Waals surface area contributed by atoms with E-state index in [0.29, 0.717) is 6.42 Å². The normalized spacial score (nSPS) is 13.2. The fourth-order valence-corrected chi connectivity index (χ4v) is 1.48. The van der Waals surface area contributed by atoms with Gasteiger partial charge in [-0.25, -0.2) is 0 Å². The Morgan fingerprint density at radius 3 is 2.61 bits per heavy atom. The Morgan fingerprint density at radius 1 is 1.44 bits per heavy atom. The van der Waals surface area contributed by atoms with Crippen LogP contribution in [-0.2, 0) is 11.0 Å². The SMILES string of the molecule is CCC(CN)C(=O)Nc1cccc(C(F)(F)F)c1. The van der Waals surface area contributed by atoms with Crippen molar-refractivity contribution >= 4 is 11.6 Å². The summed E-state index contributed by atoms with van der Waals surface area (Å²) in [4.78, 5) is 11.7. The highest BCUT2D eigenvalue weighted by molar-refractivity contribution is 5.92. The van der Waals surface area contributed by atoms with Crippen LogP contribution < -0.4 is 11.1 Å². The van der Waals surface area contributed by atoms with Crippen molar-refractivity contribution in [2.45, 2.75) is 19.5 Å². The van der Waals surface area contributed by atoms with Crippen LogP contribution in [0.25, 0.3) is 0 Å². The Hall–Kier alpha value is -1.56. The maximum absolute atomic E-state index is 12.5. The van der Waals surface area contributed by atoms with Gasteiger partial charge in [0.1, 0.15) is 0 Å². The Labute approximate surface area is 103 Å². The van der Waals surface area contributed by atoms with E-state index in [2.05, 4.69) is 5.32 Å². The van der Waals surface area contributed by atoms with Crippen LogP contribution >= 0.6 is 0 Å². The highest BCUT2D eigenvalue weighted by Gasteiger charge is 2.30. The molecule has 6 heteroatoms. The minimum atomic E-state index is -4.42. The van der Waals surface area contributed by atoms with Gasteiger partial charge in [-0.2, -0.15) is 13.2 Å². The summed E-state index contributed by atoms with van der Waals surface area (Å²) < 4.78 is 37.4. The number of rotatable bonds is 4. The number of amides is 1. The summed E-state index contributed by atoms with van der Waals surface area (Å²) in [5.74, 6) is -0.751. The second kappa shape index (κ2) is 5.86. The van der Waals surface area contributed by atoms with E-state index in [0.717, 1.165) is 12.1 Å². The van der Waals surface area contributed by atoms with Gasteiger partial charge >= 0.3 is 6.18 Å². The molecule has 1 aromatic rings. The molecule has 0 aliphatic rings. The quantitative estimate of drug-likeness (QED) is 0.874. The van der Waals surface area contributed by atoms with Gasteiger partial charge < -0.3 is 11.1 Å². The number of nitrogens with one attached hydrogen (secondary N) is 1. The molecule has 0 saturated carbocycles. The van der Waals surface area contributed by atoms with Gasteiger partial charge in [-0.15, -0.1) is 0 Å². The lowest BCUT2D eigenvalue weighted by atomic mass is 10.1. The Bertz CT molecular complexity index is 414. The van der Waals surface area contributed by atoms with E-state index >= 15 is 0 Å². The summed E-state index contributed by atoms with van der Waals surface area (Å²) in [6.07, 6.45) is -3.87. The van der Waals surface area contributed by atoms with Crippen molar-refractivity contribution in [2.75, 3.05) is 11.9 Å². The predicted octanol–water partition coefficient (Wildman–Crippen LogP) is 2.63. The molecule has 1 atom stereocenters. The van der Waals surface area contributed by atoms with Crippen LogP contribution in [0.15, 0.2) is 24.3 Å². The molecule has 1 unspecified atom stereocenters. The number of carbonyl (C=O) groups is 1. The molecular weight excluding hydrogens is 245 g/mol. The average Bonchev–Trinajstić information content (AvgIpc) is 2.29. The highest BCUT2D eigenvalue weighted by Crippen LogP contribution is 2.30. The third-order valence-corrected chi connectivity index (χ3v) is 2.61. The molecule has 3 nitrogen and oxygen atoms in total. The lowest BCUT2D eigenvalue weighted by Gasteiger charge is -2.14. The monoisotopic (exact) mass is 260 g/mol. The molecule has 0 radical (unpaired) electrons. The molecule has 0 spiro atoms. The molecule has 0 heterocycles. The minimum Gasteiger partial charge on any atom is -0.330 e. The smallest absolute Gasteiger partial charge is 0.330 e. The van der Waals surface area contributed by atoms with E-state index in [-0.39, 0.29) is 24.1 Å². The predicted molar refractivity (Wildman–Crippen MR) is 62.9 cm³/mol. The second-order valence-electron chi connectivity index (χ2n) is 3.91. The number of benzene rings is 1. The molecule has 0 aliphatic carbocycles. The molecule has 18 heavy (non-hydrogen) atoms. The van der Waals surface area contributed by atoms with Crippen molar-refractivity contribution in [2.24, 2.45) is 11.7 Å². The van der Waals surface area contributed by atoms with Crippen LogP contribution in [0.1, 0.15) is 18.9 Å².